The molecule has 4 N–H and O–H groups in total. The molecule has 0 saturated heterocycles. The van der Waals surface area contributed by atoms with Crippen molar-refractivity contribution >= 4 is 45.7 Å². The van der Waals surface area contributed by atoms with Gasteiger partial charge in [-0.3, -0.25) is 10.1 Å². The fourth-order valence-corrected chi connectivity index (χ4v) is 3.82. The average molecular weight is 479 g/mol. The van der Waals surface area contributed by atoms with Crippen LogP contribution in [-0.2, 0) is 14.9 Å². The molecule has 34 heavy (non-hydrogen) atoms. The van der Waals surface area contributed by atoms with E-state index in [1.165, 1.54) is 0 Å². The van der Waals surface area contributed by atoms with Gasteiger partial charge in [0.1, 0.15) is 22.2 Å². The Bertz CT molecular complexity index is 1430. The first-order valence-corrected chi connectivity index (χ1v) is 10.9. The summed E-state index contributed by atoms with van der Waals surface area (Å²) in [6.45, 7) is 1.75. The molecule has 1 aliphatic carbocycles. The fourth-order valence-electron chi connectivity index (χ4n) is 3.25. The third kappa shape index (κ3) is 3.93. The lowest BCUT2D eigenvalue weighted by Crippen LogP contribution is -2.19. The summed E-state index contributed by atoms with van der Waals surface area (Å²) in [4.78, 5) is 32.0. The van der Waals surface area contributed by atoms with Crippen LogP contribution in [0, 0.1) is 11.8 Å². The van der Waals surface area contributed by atoms with E-state index in [0.29, 0.717) is 12.8 Å². The molecule has 0 bridgehead atoms. The standard InChI is InChI=1S/C22H17N5O6S/c1-11(12-5-3-2-4-6-12)31-21(30)25-15-13(27-34-16(15)23)7-8-14-24-17-18(32-14)33-19(26-17)22(9-10-22)20(28)29/h2-6,11H,9-10,23H2,1H3,(H,25,30)(H,28,29). The molecule has 1 aromatic carbocycles. The number of nitrogens with zero attached hydrogens (tertiary/aromatic N) is 3. The van der Waals surface area contributed by atoms with Crippen LogP contribution in [0.2, 0.25) is 0 Å². The highest BCUT2D eigenvalue weighted by Gasteiger charge is 2.56. The Morgan fingerprint density at radius 2 is 2.00 bits per heavy atom. The third-order valence-electron chi connectivity index (χ3n) is 5.33. The number of hydrogen-bond acceptors (Lipinski definition) is 10. The number of benzene rings is 1. The summed E-state index contributed by atoms with van der Waals surface area (Å²) >= 11 is 0.962. The molecule has 172 valence electrons. The van der Waals surface area contributed by atoms with Crippen LogP contribution >= 0.6 is 11.5 Å². The number of nitrogen functional groups attached to an aromatic ring is 1. The lowest BCUT2D eigenvalue weighted by atomic mass is 10.1. The average Bonchev–Trinajstić information content (AvgIpc) is 3.26. The van der Waals surface area contributed by atoms with E-state index < -0.39 is 23.6 Å². The highest BCUT2D eigenvalue weighted by atomic mass is 32.1. The normalized spacial score (nSPS) is 14.7. The summed E-state index contributed by atoms with van der Waals surface area (Å²) in [5.74, 6) is 4.48. The fraction of sp³-hybridized carbons (Fsp3) is 0.227. The van der Waals surface area contributed by atoms with E-state index in [-0.39, 0.29) is 39.6 Å². The summed E-state index contributed by atoms with van der Waals surface area (Å²) in [7, 11) is 0. The number of carboxylic acid groups (broad SMARTS) is 1. The van der Waals surface area contributed by atoms with Crippen molar-refractivity contribution in [3.63, 3.8) is 0 Å². The maximum Gasteiger partial charge on any atom is 0.412 e. The van der Waals surface area contributed by atoms with E-state index >= 15 is 0 Å². The lowest BCUT2D eigenvalue weighted by molar-refractivity contribution is -0.140. The Kier molecular flexibility index (Phi) is 5.18. The van der Waals surface area contributed by atoms with Gasteiger partial charge in [0.25, 0.3) is 5.89 Å². The van der Waals surface area contributed by atoms with Crippen LogP contribution < -0.4 is 11.1 Å². The zero-order chi connectivity index (χ0) is 23.9. The summed E-state index contributed by atoms with van der Waals surface area (Å²) in [6, 6.07) is 9.29. The van der Waals surface area contributed by atoms with Gasteiger partial charge in [-0.15, -0.1) is 0 Å². The van der Waals surface area contributed by atoms with Gasteiger partial charge in [0.2, 0.25) is 11.5 Å². The second-order valence-electron chi connectivity index (χ2n) is 7.64. The van der Waals surface area contributed by atoms with E-state index in [1.807, 2.05) is 30.3 Å². The number of anilines is 2. The van der Waals surface area contributed by atoms with Crippen molar-refractivity contribution in [2.45, 2.75) is 31.3 Å². The quantitative estimate of drug-likeness (QED) is 0.359. The molecule has 0 aliphatic heterocycles. The van der Waals surface area contributed by atoms with Gasteiger partial charge >= 0.3 is 17.8 Å². The Labute approximate surface area is 196 Å². The number of rotatable bonds is 5. The van der Waals surface area contributed by atoms with Gasteiger partial charge in [-0.2, -0.15) is 14.3 Å². The predicted octanol–water partition coefficient (Wildman–Crippen LogP) is 3.68. The van der Waals surface area contributed by atoms with Crippen LogP contribution in [-0.4, -0.2) is 31.5 Å². The number of aliphatic carboxylic acids is 1. The van der Waals surface area contributed by atoms with Crippen molar-refractivity contribution in [2.75, 3.05) is 11.1 Å². The molecule has 5 rings (SSSR count). The van der Waals surface area contributed by atoms with E-state index in [1.54, 1.807) is 6.92 Å². The maximum atomic E-state index is 12.4. The Balaban J connectivity index is 1.30. The zero-order valence-electron chi connectivity index (χ0n) is 17.7. The minimum atomic E-state index is -1.10. The highest BCUT2D eigenvalue weighted by Crippen LogP contribution is 2.48. The van der Waals surface area contributed by atoms with Crippen molar-refractivity contribution < 1.29 is 28.3 Å². The van der Waals surface area contributed by atoms with Crippen molar-refractivity contribution in [1.29, 1.82) is 0 Å². The van der Waals surface area contributed by atoms with Crippen LogP contribution in [0.25, 0.3) is 11.4 Å². The minimum Gasteiger partial charge on any atom is -0.480 e. The number of carboxylic acids is 1. The minimum absolute atomic E-state index is 0.00855. The first kappa shape index (κ1) is 21.5. The second-order valence-corrected chi connectivity index (χ2v) is 8.44. The van der Waals surface area contributed by atoms with E-state index in [0.717, 1.165) is 17.1 Å². The molecule has 3 aromatic heterocycles. The number of aromatic nitrogens is 3. The Morgan fingerprint density at radius 3 is 2.68 bits per heavy atom. The number of nitrogens with one attached hydrogen (secondary N) is 1. The Hall–Kier alpha value is -4.37. The van der Waals surface area contributed by atoms with Crippen LogP contribution in [0.1, 0.15) is 48.9 Å². The van der Waals surface area contributed by atoms with Gasteiger partial charge in [0, 0.05) is 5.92 Å². The summed E-state index contributed by atoms with van der Waals surface area (Å²) in [5.41, 5.74) is 6.24. The number of amides is 1. The first-order chi connectivity index (χ1) is 16.4. The van der Waals surface area contributed by atoms with Gasteiger partial charge in [-0.05, 0) is 42.8 Å². The largest absolute Gasteiger partial charge is 0.480 e. The summed E-state index contributed by atoms with van der Waals surface area (Å²) < 4.78 is 20.4. The molecule has 1 aliphatic rings. The van der Waals surface area contributed by atoms with Crippen LogP contribution in [0.4, 0.5) is 15.5 Å². The molecule has 3 heterocycles. The lowest BCUT2D eigenvalue weighted by Gasteiger charge is -2.14. The number of hydrogen-bond donors (Lipinski definition) is 3. The van der Waals surface area contributed by atoms with Gasteiger partial charge in [-0.1, -0.05) is 30.3 Å². The third-order valence-corrected chi connectivity index (χ3v) is 6.01. The smallest absolute Gasteiger partial charge is 0.412 e. The van der Waals surface area contributed by atoms with Crippen LogP contribution in [0.3, 0.4) is 0 Å². The number of carbonyl (C=O) groups excluding carboxylic acids is 1. The number of fused-ring (bicyclic) bond motifs is 1. The molecular formula is C22H17N5O6S. The molecule has 4 aromatic rings. The monoisotopic (exact) mass is 479 g/mol. The molecule has 1 atom stereocenters. The van der Waals surface area contributed by atoms with E-state index in [9.17, 15) is 14.7 Å². The molecule has 12 heteroatoms. The summed E-state index contributed by atoms with van der Waals surface area (Å²) in [6.07, 6.45) is -0.277. The number of ether oxygens (including phenoxy) is 1. The SMILES string of the molecule is CC(OC(=O)Nc1c(C#Cc2nc3nc(C4(C(=O)O)CC4)oc3o2)nsc1N)c1ccccc1. The molecule has 11 nitrogen and oxygen atoms in total. The number of oxazole rings is 2. The first-order valence-electron chi connectivity index (χ1n) is 10.2. The van der Waals surface area contributed by atoms with Crippen LogP contribution in [0.15, 0.2) is 39.2 Å². The van der Waals surface area contributed by atoms with Gasteiger partial charge < -0.3 is 24.4 Å². The van der Waals surface area contributed by atoms with Gasteiger partial charge in [0.05, 0.1) is 0 Å². The van der Waals surface area contributed by atoms with E-state index in [2.05, 4.69) is 31.5 Å². The predicted molar refractivity (Wildman–Crippen MR) is 120 cm³/mol. The molecule has 1 amide bonds. The molecular weight excluding hydrogens is 462 g/mol. The van der Waals surface area contributed by atoms with Crippen molar-refractivity contribution in [2.24, 2.45) is 0 Å². The van der Waals surface area contributed by atoms with E-state index in [4.69, 9.17) is 19.3 Å². The van der Waals surface area contributed by atoms with Crippen molar-refractivity contribution in [1.82, 2.24) is 14.3 Å². The van der Waals surface area contributed by atoms with Crippen molar-refractivity contribution in [3.8, 4) is 11.8 Å². The molecule has 0 radical (unpaired) electrons. The molecule has 1 unspecified atom stereocenters. The van der Waals surface area contributed by atoms with Gasteiger partial charge in [0.15, 0.2) is 5.69 Å². The number of carbonyl (C=O) groups is 2. The zero-order valence-corrected chi connectivity index (χ0v) is 18.5. The summed E-state index contributed by atoms with van der Waals surface area (Å²) in [5, 5.41) is 12.2. The van der Waals surface area contributed by atoms with Gasteiger partial charge in [-0.25, -0.2) is 4.79 Å². The second kappa shape index (κ2) is 8.20. The molecule has 0 spiro atoms. The molecule has 1 fully saturated rings. The molecule has 1 saturated carbocycles. The van der Waals surface area contributed by atoms with Crippen LogP contribution in [0.5, 0.6) is 0 Å². The maximum absolute atomic E-state index is 12.4. The Morgan fingerprint density at radius 1 is 1.24 bits per heavy atom. The highest BCUT2D eigenvalue weighted by molar-refractivity contribution is 7.10. The topological polar surface area (TPSA) is 167 Å². The number of nitrogens with two attached hydrogens (primary N) is 1. The van der Waals surface area contributed by atoms with Crippen molar-refractivity contribution in [3.05, 3.63) is 53.4 Å².